The van der Waals surface area contributed by atoms with Crippen molar-refractivity contribution in [3.63, 3.8) is 0 Å². The van der Waals surface area contributed by atoms with E-state index in [-0.39, 0.29) is 18.0 Å². The molecular weight excluding hydrogens is 385 g/mol. The number of likely N-dealkylation sites (tertiary alicyclic amines) is 1. The van der Waals surface area contributed by atoms with Crippen molar-refractivity contribution in [1.82, 2.24) is 4.90 Å². The summed E-state index contributed by atoms with van der Waals surface area (Å²) in [6, 6.07) is 11.3. The Hall–Kier alpha value is -3.03. The molecule has 1 atom stereocenters. The number of carbonyl (C=O) groups is 2. The van der Waals surface area contributed by atoms with Crippen LogP contribution >= 0.6 is 0 Å². The van der Waals surface area contributed by atoms with Gasteiger partial charge >= 0.3 is 6.18 Å². The number of ether oxygens (including phenoxy) is 1. The summed E-state index contributed by atoms with van der Waals surface area (Å²) in [5.74, 6) is -0.577. The van der Waals surface area contributed by atoms with E-state index in [9.17, 15) is 22.8 Å². The van der Waals surface area contributed by atoms with E-state index >= 15 is 0 Å². The molecule has 154 valence electrons. The second-order valence-corrected chi connectivity index (χ2v) is 6.89. The summed E-state index contributed by atoms with van der Waals surface area (Å²) >= 11 is 0. The van der Waals surface area contributed by atoms with Gasteiger partial charge in [0.25, 0.3) is 5.91 Å². The molecule has 3 rings (SSSR count). The van der Waals surface area contributed by atoms with Crippen LogP contribution in [-0.4, -0.2) is 36.9 Å². The van der Waals surface area contributed by atoms with Gasteiger partial charge < -0.3 is 15.0 Å². The number of amides is 2. The molecule has 2 aromatic carbocycles. The first-order valence-corrected chi connectivity index (χ1v) is 9.19. The minimum absolute atomic E-state index is 0.0336. The summed E-state index contributed by atoms with van der Waals surface area (Å²) in [7, 11) is 1.53. The monoisotopic (exact) mass is 406 g/mol. The molecule has 1 saturated heterocycles. The van der Waals surface area contributed by atoms with Gasteiger partial charge in [-0.2, -0.15) is 13.2 Å². The Labute approximate surface area is 166 Å². The lowest BCUT2D eigenvalue weighted by atomic mass is 9.96. The lowest BCUT2D eigenvalue weighted by Gasteiger charge is -2.32. The molecule has 1 fully saturated rings. The normalized spacial score (nSPS) is 17.0. The maximum Gasteiger partial charge on any atom is 0.416 e. The standard InChI is InChI=1S/C21H21F3N2O3/c1-29-18-9-3-8-17(12-18)25-19(27)15-6-4-10-26(13-15)20(28)14-5-2-7-16(11-14)21(22,23)24/h2-3,5,7-9,11-12,15H,4,6,10,13H2,1H3,(H,25,27)/t15-/m0/s1. The molecule has 0 aromatic heterocycles. The van der Waals surface area contributed by atoms with Crippen LogP contribution in [-0.2, 0) is 11.0 Å². The van der Waals surface area contributed by atoms with Gasteiger partial charge in [0, 0.05) is 30.4 Å². The van der Waals surface area contributed by atoms with Crippen molar-refractivity contribution < 1.29 is 27.5 Å². The molecule has 0 aliphatic carbocycles. The van der Waals surface area contributed by atoms with Crippen LogP contribution in [0.25, 0.3) is 0 Å². The zero-order valence-corrected chi connectivity index (χ0v) is 15.8. The fraction of sp³-hybridized carbons (Fsp3) is 0.333. The summed E-state index contributed by atoms with van der Waals surface area (Å²) in [4.78, 5) is 26.8. The third kappa shape index (κ3) is 5.07. The average molecular weight is 406 g/mol. The minimum atomic E-state index is -4.52. The quantitative estimate of drug-likeness (QED) is 0.828. The van der Waals surface area contributed by atoms with Crippen LogP contribution in [0.5, 0.6) is 5.75 Å². The molecule has 1 aliphatic heterocycles. The van der Waals surface area contributed by atoms with Crippen molar-refractivity contribution in [3.05, 3.63) is 59.7 Å². The third-order valence-electron chi connectivity index (χ3n) is 4.85. The fourth-order valence-electron chi connectivity index (χ4n) is 3.33. The summed E-state index contributed by atoms with van der Waals surface area (Å²) in [5, 5.41) is 2.81. The largest absolute Gasteiger partial charge is 0.497 e. The SMILES string of the molecule is COc1cccc(NC(=O)[C@H]2CCCN(C(=O)c3cccc(C(F)(F)F)c3)C2)c1. The number of anilines is 1. The Kier molecular flexibility index (Phi) is 6.10. The predicted molar refractivity (Wildman–Crippen MR) is 102 cm³/mol. The molecule has 0 saturated carbocycles. The molecule has 0 bridgehead atoms. The highest BCUT2D eigenvalue weighted by Crippen LogP contribution is 2.30. The smallest absolute Gasteiger partial charge is 0.416 e. The number of alkyl halides is 3. The number of nitrogens with one attached hydrogen (secondary N) is 1. The van der Waals surface area contributed by atoms with Gasteiger partial charge in [-0.3, -0.25) is 9.59 Å². The number of halogens is 3. The van der Waals surface area contributed by atoms with Crippen LogP contribution in [0.3, 0.4) is 0 Å². The van der Waals surface area contributed by atoms with Crippen molar-refractivity contribution in [2.24, 2.45) is 5.92 Å². The zero-order chi connectivity index (χ0) is 21.0. The Morgan fingerprint density at radius 3 is 2.62 bits per heavy atom. The number of carbonyl (C=O) groups excluding carboxylic acids is 2. The predicted octanol–water partition coefficient (Wildman–Crippen LogP) is 4.20. The number of nitrogens with zero attached hydrogens (tertiary/aromatic N) is 1. The maximum atomic E-state index is 12.9. The summed E-state index contributed by atoms with van der Waals surface area (Å²) in [6.45, 7) is 0.558. The van der Waals surface area contributed by atoms with Crippen LogP contribution in [0.4, 0.5) is 18.9 Å². The zero-order valence-electron chi connectivity index (χ0n) is 15.8. The highest BCUT2D eigenvalue weighted by molar-refractivity contribution is 5.96. The maximum absolute atomic E-state index is 12.9. The Bertz CT molecular complexity index is 899. The first-order valence-electron chi connectivity index (χ1n) is 9.19. The third-order valence-corrected chi connectivity index (χ3v) is 4.85. The van der Waals surface area contributed by atoms with E-state index in [2.05, 4.69) is 5.32 Å². The summed E-state index contributed by atoms with van der Waals surface area (Å²) in [6.07, 6.45) is -3.32. The van der Waals surface area contributed by atoms with Gasteiger partial charge in [0.2, 0.25) is 5.91 Å². The number of benzene rings is 2. The van der Waals surface area contributed by atoms with Gasteiger partial charge in [-0.15, -0.1) is 0 Å². The first kappa shape index (κ1) is 20.7. The van der Waals surface area contributed by atoms with Gasteiger partial charge in [0.05, 0.1) is 18.6 Å². The topological polar surface area (TPSA) is 58.6 Å². The van der Waals surface area contributed by atoms with E-state index in [1.807, 2.05) is 0 Å². The number of methoxy groups -OCH3 is 1. The van der Waals surface area contributed by atoms with E-state index in [1.165, 1.54) is 24.1 Å². The van der Waals surface area contributed by atoms with E-state index in [1.54, 1.807) is 24.3 Å². The molecule has 0 spiro atoms. The molecule has 5 nitrogen and oxygen atoms in total. The molecule has 8 heteroatoms. The fourth-order valence-corrected chi connectivity index (χ4v) is 3.33. The molecule has 29 heavy (non-hydrogen) atoms. The molecule has 1 N–H and O–H groups in total. The van der Waals surface area contributed by atoms with Gasteiger partial charge in [-0.1, -0.05) is 12.1 Å². The molecule has 2 amide bonds. The van der Waals surface area contributed by atoms with Gasteiger partial charge in [-0.05, 0) is 43.2 Å². The molecule has 2 aromatic rings. The number of piperidine rings is 1. The Balaban J connectivity index is 1.68. The van der Waals surface area contributed by atoms with Gasteiger partial charge in [-0.25, -0.2) is 0 Å². The molecular formula is C21H21F3N2O3. The second-order valence-electron chi connectivity index (χ2n) is 6.89. The minimum Gasteiger partial charge on any atom is -0.497 e. The molecule has 1 heterocycles. The van der Waals surface area contributed by atoms with E-state index in [0.717, 1.165) is 12.1 Å². The van der Waals surface area contributed by atoms with E-state index < -0.39 is 23.6 Å². The van der Waals surface area contributed by atoms with E-state index in [0.29, 0.717) is 30.8 Å². The van der Waals surface area contributed by atoms with Gasteiger partial charge in [0.1, 0.15) is 5.75 Å². The van der Waals surface area contributed by atoms with Crippen molar-refractivity contribution >= 4 is 17.5 Å². The second kappa shape index (κ2) is 8.55. The molecule has 1 aliphatic rings. The number of hydrogen-bond donors (Lipinski definition) is 1. The highest BCUT2D eigenvalue weighted by Gasteiger charge is 2.33. The van der Waals surface area contributed by atoms with Crippen LogP contribution in [0.1, 0.15) is 28.8 Å². The van der Waals surface area contributed by atoms with Gasteiger partial charge in [0.15, 0.2) is 0 Å². The van der Waals surface area contributed by atoms with Crippen LogP contribution in [0.2, 0.25) is 0 Å². The average Bonchev–Trinajstić information content (AvgIpc) is 2.73. The molecule has 0 unspecified atom stereocenters. The Morgan fingerprint density at radius 1 is 1.14 bits per heavy atom. The highest BCUT2D eigenvalue weighted by atomic mass is 19.4. The van der Waals surface area contributed by atoms with Crippen molar-refractivity contribution in [2.75, 3.05) is 25.5 Å². The van der Waals surface area contributed by atoms with Crippen molar-refractivity contribution in [3.8, 4) is 5.75 Å². The van der Waals surface area contributed by atoms with Crippen molar-refractivity contribution in [2.45, 2.75) is 19.0 Å². The first-order chi connectivity index (χ1) is 13.8. The van der Waals surface area contributed by atoms with E-state index in [4.69, 9.17) is 4.74 Å². The summed E-state index contributed by atoms with van der Waals surface area (Å²) < 4.78 is 43.9. The lowest BCUT2D eigenvalue weighted by molar-refractivity contribution is -0.137. The molecule has 0 radical (unpaired) electrons. The van der Waals surface area contributed by atoms with Crippen LogP contribution < -0.4 is 10.1 Å². The summed E-state index contributed by atoms with van der Waals surface area (Å²) in [5.41, 5.74) is -0.322. The lowest BCUT2D eigenvalue weighted by Crippen LogP contribution is -2.43. The number of rotatable bonds is 4. The van der Waals surface area contributed by atoms with Crippen molar-refractivity contribution in [1.29, 1.82) is 0 Å². The van der Waals surface area contributed by atoms with Crippen LogP contribution in [0.15, 0.2) is 48.5 Å². The number of hydrogen-bond acceptors (Lipinski definition) is 3. The Morgan fingerprint density at radius 2 is 1.90 bits per heavy atom. The van der Waals surface area contributed by atoms with Crippen LogP contribution in [0, 0.1) is 5.92 Å².